The minimum absolute atomic E-state index is 0.0326. The molecule has 0 spiro atoms. The zero-order chi connectivity index (χ0) is 11.6. The van der Waals surface area contributed by atoms with E-state index in [1.54, 1.807) is 13.0 Å². The van der Waals surface area contributed by atoms with Crippen LogP contribution in [-0.2, 0) is 4.74 Å². The summed E-state index contributed by atoms with van der Waals surface area (Å²) in [5, 5.41) is 9.47. The molecule has 0 fully saturated rings. The van der Waals surface area contributed by atoms with Gasteiger partial charge < -0.3 is 9.84 Å². The van der Waals surface area contributed by atoms with Crippen LogP contribution in [0.4, 0.5) is 0 Å². The van der Waals surface area contributed by atoms with Gasteiger partial charge >= 0.3 is 0 Å². The van der Waals surface area contributed by atoms with Crippen LogP contribution < -0.4 is 0 Å². The van der Waals surface area contributed by atoms with E-state index in [4.69, 9.17) is 39.5 Å². The average molecular weight is 273 g/mol. The van der Waals surface area contributed by atoms with Gasteiger partial charge in [-0.25, -0.2) is 4.99 Å². The fraction of sp³-hybridized carbons (Fsp3) is 0.667. The van der Waals surface area contributed by atoms with Gasteiger partial charge in [-0.05, 0) is 13.3 Å². The molecule has 6 heteroatoms. The Bertz CT molecular complexity index is 273. The Balaban J connectivity index is 2.81. The molecule has 0 aliphatic carbocycles. The molecule has 0 amide bonds. The molecule has 1 aliphatic rings. The third-order valence-corrected chi connectivity index (χ3v) is 2.52. The average Bonchev–Trinajstić information content (AvgIpc) is 2.48. The van der Waals surface area contributed by atoms with Gasteiger partial charge in [-0.15, -0.1) is 6.58 Å². The molecule has 1 rings (SSSR count). The monoisotopic (exact) mass is 271 g/mol. The molecule has 1 N–H and O–H groups in total. The van der Waals surface area contributed by atoms with Gasteiger partial charge in [0.05, 0.1) is 12.1 Å². The lowest BCUT2D eigenvalue weighted by Gasteiger charge is -2.20. The zero-order valence-corrected chi connectivity index (χ0v) is 10.4. The van der Waals surface area contributed by atoms with Gasteiger partial charge in [0.15, 0.2) is 0 Å². The van der Waals surface area contributed by atoms with Crippen LogP contribution in [0.1, 0.15) is 13.3 Å². The van der Waals surface area contributed by atoms with Crippen molar-refractivity contribution in [3.05, 3.63) is 12.7 Å². The van der Waals surface area contributed by atoms with Crippen LogP contribution >= 0.6 is 34.8 Å². The van der Waals surface area contributed by atoms with E-state index >= 15 is 0 Å². The number of aliphatic hydroxyl groups excluding tert-OH is 1. The highest BCUT2D eigenvalue weighted by molar-refractivity contribution is 6.76. The molecule has 0 aromatic heterocycles. The number of hydrogen-bond donors (Lipinski definition) is 1. The molecule has 1 heterocycles. The fourth-order valence-corrected chi connectivity index (χ4v) is 1.66. The number of hydrogen-bond acceptors (Lipinski definition) is 3. The lowest BCUT2D eigenvalue weighted by Crippen LogP contribution is -2.34. The zero-order valence-electron chi connectivity index (χ0n) is 8.16. The molecular formula is C9H12Cl3NO2. The summed E-state index contributed by atoms with van der Waals surface area (Å²) in [6, 6.07) is -0.242. The number of nitrogens with zero attached hydrogens (tertiary/aromatic N) is 1. The quantitative estimate of drug-likeness (QED) is 0.633. The first-order chi connectivity index (χ1) is 6.86. The maximum atomic E-state index is 9.47. The van der Waals surface area contributed by atoms with E-state index in [1.165, 1.54) is 0 Å². The van der Waals surface area contributed by atoms with E-state index in [2.05, 4.69) is 11.6 Å². The van der Waals surface area contributed by atoms with Gasteiger partial charge in [0, 0.05) is 0 Å². The van der Waals surface area contributed by atoms with E-state index in [1.807, 2.05) is 0 Å². The van der Waals surface area contributed by atoms with E-state index < -0.39 is 16.0 Å². The van der Waals surface area contributed by atoms with Gasteiger partial charge in [0.1, 0.15) is 6.10 Å². The van der Waals surface area contributed by atoms with Gasteiger partial charge in [-0.1, -0.05) is 40.9 Å². The van der Waals surface area contributed by atoms with Crippen molar-refractivity contribution < 1.29 is 9.84 Å². The predicted octanol–water partition coefficient (Wildman–Crippen LogP) is 2.48. The molecule has 15 heavy (non-hydrogen) atoms. The summed E-state index contributed by atoms with van der Waals surface area (Å²) in [7, 11) is 0. The summed E-state index contributed by atoms with van der Waals surface area (Å²) in [6.07, 6.45) is 1.10. The highest BCUT2D eigenvalue weighted by atomic mass is 35.6. The number of halogens is 3. The van der Waals surface area contributed by atoms with Crippen molar-refractivity contribution in [3.8, 4) is 0 Å². The van der Waals surface area contributed by atoms with Crippen molar-refractivity contribution >= 4 is 40.7 Å². The summed E-state index contributed by atoms with van der Waals surface area (Å²) >= 11 is 16.9. The van der Waals surface area contributed by atoms with Crippen LogP contribution in [0.3, 0.4) is 0 Å². The van der Waals surface area contributed by atoms with Gasteiger partial charge in [-0.3, -0.25) is 0 Å². The minimum Gasteiger partial charge on any atom is -0.470 e. The second-order valence-electron chi connectivity index (χ2n) is 3.35. The number of aliphatic hydroxyl groups is 1. The molecule has 86 valence electrons. The fourth-order valence-electron chi connectivity index (χ4n) is 1.38. The first-order valence-corrected chi connectivity index (χ1v) is 5.60. The second kappa shape index (κ2) is 4.91. The van der Waals surface area contributed by atoms with Crippen molar-refractivity contribution in [2.45, 2.75) is 35.4 Å². The van der Waals surface area contributed by atoms with Crippen molar-refractivity contribution in [1.82, 2.24) is 0 Å². The summed E-state index contributed by atoms with van der Waals surface area (Å²) in [6.45, 7) is 5.21. The highest BCUT2D eigenvalue weighted by Gasteiger charge is 2.41. The molecular weight excluding hydrogens is 260 g/mol. The topological polar surface area (TPSA) is 41.8 Å². The predicted molar refractivity (Wildman–Crippen MR) is 62.9 cm³/mol. The maximum Gasteiger partial charge on any atom is 0.266 e. The lowest BCUT2D eigenvalue weighted by molar-refractivity contribution is 0.0407. The standard InChI is InChI=1S/C9H12Cl3NO2/c1-3-4-6-7(5(2)14)15-8(13-6)9(10,11)12/h3,5-7,14H,1,4H2,2H3/t5-,6-,7-/m0/s1. The van der Waals surface area contributed by atoms with Gasteiger partial charge in [0.25, 0.3) is 3.79 Å². The van der Waals surface area contributed by atoms with Gasteiger partial charge in [-0.2, -0.15) is 0 Å². The summed E-state index contributed by atoms with van der Waals surface area (Å²) in [5.74, 6) is 0.0326. The van der Waals surface area contributed by atoms with Crippen LogP contribution in [0, 0.1) is 0 Å². The van der Waals surface area contributed by atoms with Crippen molar-refractivity contribution in [2.75, 3.05) is 0 Å². The number of ether oxygens (including phenoxy) is 1. The van der Waals surface area contributed by atoms with Crippen molar-refractivity contribution in [3.63, 3.8) is 0 Å². The molecule has 0 aromatic rings. The molecule has 3 atom stereocenters. The van der Waals surface area contributed by atoms with Gasteiger partial charge in [0.2, 0.25) is 5.90 Å². The molecule has 0 aromatic carbocycles. The number of rotatable bonds is 3. The summed E-state index contributed by atoms with van der Waals surface area (Å²) in [4.78, 5) is 4.12. The number of aliphatic imine (C=N–C) groups is 1. The molecule has 3 nitrogen and oxygen atoms in total. The SMILES string of the molecule is C=CC[C@@H]1N=C(C(Cl)(Cl)Cl)O[C@H]1[C@H](C)O. The van der Waals surface area contributed by atoms with E-state index in [-0.39, 0.29) is 11.9 Å². The Hall–Kier alpha value is 0.0400. The van der Waals surface area contributed by atoms with E-state index in [0.717, 1.165) is 0 Å². The van der Waals surface area contributed by atoms with Crippen molar-refractivity contribution in [1.29, 1.82) is 0 Å². The Morgan fingerprint density at radius 2 is 2.27 bits per heavy atom. The minimum atomic E-state index is -1.68. The maximum absolute atomic E-state index is 9.47. The Morgan fingerprint density at radius 1 is 1.67 bits per heavy atom. The molecule has 0 bridgehead atoms. The summed E-state index contributed by atoms with van der Waals surface area (Å²) in [5.41, 5.74) is 0. The highest BCUT2D eigenvalue weighted by Crippen LogP contribution is 2.34. The molecule has 0 unspecified atom stereocenters. The molecule has 0 saturated heterocycles. The van der Waals surface area contributed by atoms with Crippen LogP contribution in [0.15, 0.2) is 17.6 Å². The molecule has 1 aliphatic heterocycles. The van der Waals surface area contributed by atoms with Crippen LogP contribution in [0.2, 0.25) is 0 Å². The molecule has 0 saturated carbocycles. The van der Waals surface area contributed by atoms with Crippen molar-refractivity contribution in [2.24, 2.45) is 4.99 Å². The Kier molecular flexibility index (Phi) is 4.29. The van der Waals surface area contributed by atoms with E-state index in [9.17, 15) is 5.11 Å². The first-order valence-electron chi connectivity index (χ1n) is 4.47. The van der Waals surface area contributed by atoms with Crippen LogP contribution in [-0.4, -0.2) is 33.0 Å². The smallest absolute Gasteiger partial charge is 0.266 e. The third kappa shape index (κ3) is 3.25. The number of alkyl halides is 3. The largest absolute Gasteiger partial charge is 0.470 e. The third-order valence-electron chi connectivity index (χ3n) is 2.04. The second-order valence-corrected chi connectivity index (χ2v) is 5.63. The summed E-state index contributed by atoms with van der Waals surface area (Å²) < 4.78 is 3.63. The first kappa shape index (κ1) is 13.1. The van der Waals surface area contributed by atoms with Crippen LogP contribution in [0.25, 0.3) is 0 Å². The van der Waals surface area contributed by atoms with E-state index in [0.29, 0.717) is 6.42 Å². The molecule has 0 radical (unpaired) electrons. The Morgan fingerprint density at radius 3 is 2.67 bits per heavy atom. The lowest BCUT2D eigenvalue weighted by atomic mass is 10.0. The van der Waals surface area contributed by atoms with Crippen LogP contribution in [0.5, 0.6) is 0 Å². The normalized spacial score (nSPS) is 28.2. The Labute approximate surface area is 104 Å².